The molecule has 170 valence electrons. The van der Waals surface area contributed by atoms with E-state index in [1.807, 2.05) is 55.1 Å². The van der Waals surface area contributed by atoms with E-state index in [0.29, 0.717) is 49.1 Å². The van der Waals surface area contributed by atoms with Crippen LogP contribution in [-0.2, 0) is 6.54 Å². The van der Waals surface area contributed by atoms with Crippen LogP contribution in [0.1, 0.15) is 43.9 Å². The molecule has 1 fully saturated rings. The van der Waals surface area contributed by atoms with Gasteiger partial charge in [0.15, 0.2) is 5.96 Å². The topological polar surface area (TPSA) is 59.9 Å². The highest BCUT2D eigenvalue weighted by molar-refractivity contribution is 14.0. The maximum atomic E-state index is 14.7. The number of aliphatic hydroxyl groups is 1. The molecule has 0 amide bonds. The Kier molecular flexibility index (Phi) is 10.3. The Bertz CT molecular complexity index is 874. The minimum Gasteiger partial charge on any atom is -0.393 e. The zero-order chi connectivity index (χ0) is 21.5. The predicted octanol–water partition coefficient (Wildman–Crippen LogP) is 4.87. The van der Waals surface area contributed by atoms with Gasteiger partial charge in [0.1, 0.15) is 5.82 Å². The lowest BCUT2D eigenvalue weighted by molar-refractivity contribution is 0.145. The first-order valence-corrected chi connectivity index (χ1v) is 10.9. The van der Waals surface area contributed by atoms with Gasteiger partial charge in [-0.2, -0.15) is 0 Å². The van der Waals surface area contributed by atoms with Crippen LogP contribution in [0, 0.1) is 5.82 Å². The van der Waals surface area contributed by atoms with E-state index in [2.05, 4.69) is 15.6 Å². The molecule has 0 saturated carbocycles. The number of hydrogen-bond donors (Lipinski definition) is 3. The van der Waals surface area contributed by atoms with Gasteiger partial charge in [0.25, 0.3) is 0 Å². The molecule has 3 N–H and O–H groups in total. The number of guanidine groups is 1. The summed E-state index contributed by atoms with van der Waals surface area (Å²) in [5.74, 6) is 0.420. The van der Waals surface area contributed by atoms with Crippen LogP contribution < -0.4 is 15.5 Å². The molecule has 2 aromatic rings. The Balaban J connectivity index is 0.00000341. The van der Waals surface area contributed by atoms with Crippen LogP contribution in [0.5, 0.6) is 0 Å². The molecule has 0 radical (unpaired) electrons. The largest absolute Gasteiger partial charge is 0.393 e. The molecule has 1 heterocycles. The van der Waals surface area contributed by atoms with E-state index in [4.69, 9.17) is 11.6 Å². The molecule has 3 rings (SSSR count). The summed E-state index contributed by atoms with van der Waals surface area (Å²) in [5, 5.41) is 16.9. The fourth-order valence-corrected chi connectivity index (χ4v) is 3.77. The molecular formula is C23H31ClFIN4O. The summed E-state index contributed by atoms with van der Waals surface area (Å²) in [7, 11) is 0. The SMILES string of the molecule is CCNC(=NCc1ccc(N2CCC(O)CC2)c(F)c1)NC(C)c1cccc(Cl)c1.I. The average molecular weight is 561 g/mol. The van der Waals surface area contributed by atoms with E-state index in [0.717, 1.165) is 17.7 Å². The maximum absolute atomic E-state index is 14.7. The van der Waals surface area contributed by atoms with Crippen molar-refractivity contribution < 1.29 is 9.50 Å². The normalized spacial score (nSPS) is 15.9. The number of hydrogen-bond acceptors (Lipinski definition) is 3. The number of halogens is 3. The highest BCUT2D eigenvalue weighted by atomic mass is 127. The van der Waals surface area contributed by atoms with Crippen LogP contribution in [-0.4, -0.2) is 36.8 Å². The van der Waals surface area contributed by atoms with Gasteiger partial charge in [0.2, 0.25) is 0 Å². The summed E-state index contributed by atoms with van der Waals surface area (Å²) in [6, 6.07) is 13.0. The van der Waals surface area contributed by atoms with E-state index >= 15 is 0 Å². The van der Waals surface area contributed by atoms with Gasteiger partial charge in [0.05, 0.1) is 24.4 Å². The molecule has 0 bridgehead atoms. The molecule has 1 saturated heterocycles. The lowest BCUT2D eigenvalue weighted by Gasteiger charge is -2.31. The molecule has 2 aromatic carbocycles. The molecule has 31 heavy (non-hydrogen) atoms. The fourth-order valence-electron chi connectivity index (χ4n) is 3.57. The summed E-state index contributed by atoms with van der Waals surface area (Å²) in [6.45, 7) is 6.49. The molecule has 0 aromatic heterocycles. The van der Waals surface area contributed by atoms with Crippen molar-refractivity contribution in [1.29, 1.82) is 0 Å². The standard InChI is InChI=1S/C23H30ClFN4O.HI/c1-3-26-23(28-16(2)18-5-4-6-19(24)14-18)27-15-17-7-8-22(21(25)13-17)29-11-9-20(30)10-12-29;/h4-8,13-14,16,20,30H,3,9-12,15H2,1-2H3,(H2,26,27,28);1H. The van der Waals surface area contributed by atoms with E-state index in [-0.39, 0.29) is 41.9 Å². The van der Waals surface area contributed by atoms with Crippen molar-refractivity contribution in [3.8, 4) is 0 Å². The summed E-state index contributed by atoms with van der Waals surface area (Å²) in [4.78, 5) is 6.61. The average Bonchev–Trinajstić information content (AvgIpc) is 2.73. The molecule has 0 spiro atoms. The van der Waals surface area contributed by atoms with Gasteiger partial charge in [-0.15, -0.1) is 24.0 Å². The zero-order valence-corrected chi connectivity index (χ0v) is 21.0. The van der Waals surface area contributed by atoms with E-state index < -0.39 is 0 Å². The van der Waals surface area contributed by atoms with Crippen molar-refractivity contribution in [2.24, 2.45) is 4.99 Å². The van der Waals surface area contributed by atoms with Crippen LogP contribution in [0.15, 0.2) is 47.5 Å². The number of anilines is 1. The van der Waals surface area contributed by atoms with Crippen molar-refractivity contribution in [3.63, 3.8) is 0 Å². The number of aliphatic hydroxyl groups excluding tert-OH is 1. The predicted molar refractivity (Wildman–Crippen MR) is 137 cm³/mol. The Morgan fingerprint density at radius 3 is 2.65 bits per heavy atom. The van der Waals surface area contributed by atoms with E-state index in [1.54, 1.807) is 6.07 Å². The van der Waals surface area contributed by atoms with Crippen LogP contribution in [0.4, 0.5) is 10.1 Å². The Hall–Kier alpha value is -1.58. The molecule has 1 atom stereocenters. The molecule has 8 heteroatoms. The molecule has 1 unspecified atom stereocenters. The van der Waals surface area contributed by atoms with Crippen molar-refractivity contribution in [3.05, 3.63) is 64.4 Å². The van der Waals surface area contributed by atoms with Gasteiger partial charge >= 0.3 is 0 Å². The first-order valence-electron chi connectivity index (χ1n) is 10.5. The van der Waals surface area contributed by atoms with Crippen molar-refractivity contribution >= 4 is 47.2 Å². The minimum atomic E-state index is -0.274. The number of rotatable bonds is 6. The summed E-state index contributed by atoms with van der Waals surface area (Å²) in [6.07, 6.45) is 1.08. The first-order chi connectivity index (χ1) is 14.5. The van der Waals surface area contributed by atoms with Gasteiger partial charge in [0, 0.05) is 24.7 Å². The monoisotopic (exact) mass is 560 g/mol. The third-order valence-corrected chi connectivity index (χ3v) is 5.52. The van der Waals surface area contributed by atoms with Gasteiger partial charge in [-0.3, -0.25) is 0 Å². The second-order valence-electron chi connectivity index (χ2n) is 7.62. The minimum absolute atomic E-state index is 0. The lowest BCUT2D eigenvalue weighted by atomic mass is 10.1. The van der Waals surface area contributed by atoms with Gasteiger partial charge < -0.3 is 20.6 Å². The Labute approximate surface area is 206 Å². The summed E-state index contributed by atoms with van der Waals surface area (Å²) in [5.41, 5.74) is 2.46. The zero-order valence-electron chi connectivity index (χ0n) is 17.9. The summed E-state index contributed by atoms with van der Waals surface area (Å²) >= 11 is 6.09. The third-order valence-electron chi connectivity index (χ3n) is 5.28. The number of nitrogens with one attached hydrogen (secondary N) is 2. The lowest BCUT2D eigenvalue weighted by Crippen LogP contribution is -2.38. The highest BCUT2D eigenvalue weighted by Gasteiger charge is 2.19. The molecular weight excluding hydrogens is 530 g/mol. The molecule has 1 aliphatic rings. The van der Waals surface area contributed by atoms with E-state index in [1.165, 1.54) is 0 Å². The number of nitrogens with zero attached hydrogens (tertiary/aromatic N) is 2. The van der Waals surface area contributed by atoms with Gasteiger partial charge in [-0.25, -0.2) is 9.38 Å². The van der Waals surface area contributed by atoms with Gasteiger partial charge in [-0.1, -0.05) is 29.8 Å². The van der Waals surface area contributed by atoms with Crippen LogP contribution in [0.2, 0.25) is 5.02 Å². The fraction of sp³-hybridized carbons (Fsp3) is 0.435. The first kappa shape index (κ1) is 25.7. The highest BCUT2D eigenvalue weighted by Crippen LogP contribution is 2.24. The number of piperidine rings is 1. The second kappa shape index (κ2) is 12.5. The maximum Gasteiger partial charge on any atom is 0.192 e. The Morgan fingerprint density at radius 2 is 2.00 bits per heavy atom. The van der Waals surface area contributed by atoms with Gasteiger partial charge in [-0.05, 0) is 62.1 Å². The molecule has 1 aliphatic heterocycles. The van der Waals surface area contributed by atoms with Crippen LogP contribution in [0.3, 0.4) is 0 Å². The van der Waals surface area contributed by atoms with Crippen LogP contribution >= 0.6 is 35.6 Å². The van der Waals surface area contributed by atoms with Crippen molar-refractivity contribution in [2.75, 3.05) is 24.5 Å². The third kappa shape index (κ3) is 7.50. The number of aliphatic imine (C=N–C) groups is 1. The summed E-state index contributed by atoms with van der Waals surface area (Å²) < 4.78 is 14.7. The van der Waals surface area contributed by atoms with Crippen LogP contribution in [0.25, 0.3) is 0 Å². The number of benzene rings is 2. The molecule has 0 aliphatic carbocycles. The van der Waals surface area contributed by atoms with Crippen molar-refractivity contribution in [1.82, 2.24) is 10.6 Å². The molecule has 5 nitrogen and oxygen atoms in total. The quantitative estimate of drug-likeness (QED) is 0.268. The van der Waals surface area contributed by atoms with Crippen molar-refractivity contribution in [2.45, 2.75) is 45.4 Å². The Morgan fingerprint density at radius 1 is 1.26 bits per heavy atom. The van der Waals surface area contributed by atoms with E-state index in [9.17, 15) is 9.50 Å². The second-order valence-corrected chi connectivity index (χ2v) is 8.06. The smallest absolute Gasteiger partial charge is 0.192 e.